The van der Waals surface area contributed by atoms with E-state index < -0.39 is 27.1 Å². The summed E-state index contributed by atoms with van der Waals surface area (Å²) >= 11 is -0.856. The predicted molar refractivity (Wildman–Crippen MR) is 152 cm³/mol. The third kappa shape index (κ3) is 5.69. The van der Waals surface area contributed by atoms with Gasteiger partial charge in [0.1, 0.15) is 0 Å². The number of aliphatic hydroxyl groups is 1. The van der Waals surface area contributed by atoms with Crippen LogP contribution >= 0.6 is 0 Å². The minimum absolute atomic E-state index is 0.0576. The van der Waals surface area contributed by atoms with Crippen LogP contribution in [-0.4, -0.2) is 84.6 Å². The Hall–Kier alpha value is -3.66. The molecule has 0 amide bonds. The number of fused-ring (bicyclic) bond motifs is 1. The first-order chi connectivity index (χ1) is 20.5. The van der Waals surface area contributed by atoms with Crippen molar-refractivity contribution >= 4 is 30.6 Å². The molecule has 42 heavy (non-hydrogen) atoms. The molecule has 1 radical (unpaired) electrons. The molecule has 10 nitrogen and oxygen atoms in total. The molecule has 1 aromatic carbocycles. The summed E-state index contributed by atoms with van der Waals surface area (Å²) in [7, 11) is 0. The van der Waals surface area contributed by atoms with Crippen molar-refractivity contribution in [2.24, 2.45) is 5.41 Å². The Labute approximate surface area is 249 Å². The van der Waals surface area contributed by atoms with E-state index in [0.29, 0.717) is 52.6 Å². The zero-order valence-electron chi connectivity index (χ0n) is 23.1. The van der Waals surface area contributed by atoms with Gasteiger partial charge in [-0.1, -0.05) is 0 Å². The molecule has 2 aliphatic rings. The van der Waals surface area contributed by atoms with Gasteiger partial charge in [-0.3, -0.25) is 0 Å². The fourth-order valence-corrected chi connectivity index (χ4v) is 7.20. The van der Waals surface area contributed by atoms with E-state index >= 15 is 0 Å². The Balaban J connectivity index is 1.37. The monoisotopic (exact) mass is 634 g/mol. The van der Waals surface area contributed by atoms with Gasteiger partial charge in [0.25, 0.3) is 0 Å². The second kappa shape index (κ2) is 12.3. The standard InChI is InChI=1S/C30H30AsFN5O5/c1-2-41-29(39)21-12-33-11-10-22(21)31-27-25(42-18-30(15-38)16-40-17-30)13-34-28(35-27)26-20-7-5-9-24(20)37(36-26)14-19-6-3-4-8-23(19)32/h3-4,6,8,10-13,38H,2,5,7,9,14-18H2,1H3. The van der Waals surface area contributed by atoms with Crippen LogP contribution in [0, 0.1) is 11.2 Å². The molecule has 4 aromatic rings. The van der Waals surface area contributed by atoms with Crippen LogP contribution in [-0.2, 0) is 28.9 Å². The van der Waals surface area contributed by atoms with Crippen molar-refractivity contribution in [1.29, 1.82) is 0 Å². The van der Waals surface area contributed by atoms with Gasteiger partial charge in [0, 0.05) is 0 Å². The number of nitrogens with zero attached hydrogens (tertiary/aromatic N) is 5. The molecule has 217 valence electrons. The van der Waals surface area contributed by atoms with E-state index in [2.05, 4.69) is 9.97 Å². The van der Waals surface area contributed by atoms with Crippen LogP contribution in [0.5, 0.6) is 5.75 Å². The van der Waals surface area contributed by atoms with Gasteiger partial charge in [-0.2, -0.15) is 0 Å². The molecular formula is C30H30AsFN5O5. The zero-order chi connectivity index (χ0) is 29.1. The molecule has 0 atom stereocenters. The Kier molecular flexibility index (Phi) is 8.33. The van der Waals surface area contributed by atoms with Crippen LogP contribution in [0.15, 0.2) is 48.9 Å². The van der Waals surface area contributed by atoms with Crippen molar-refractivity contribution in [2.45, 2.75) is 32.7 Å². The first-order valence-electron chi connectivity index (χ1n) is 13.8. The van der Waals surface area contributed by atoms with Crippen molar-refractivity contribution < 1.29 is 28.5 Å². The van der Waals surface area contributed by atoms with Crippen molar-refractivity contribution in [3.8, 4) is 17.3 Å². The molecule has 1 saturated heterocycles. The van der Waals surface area contributed by atoms with Crippen LogP contribution in [0.25, 0.3) is 11.5 Å². The number of carbonyl (C=O) groups excluding carboxylic acids is 1. The molecule has 0 unspecified atom stereocenters. The van der Waals surface area contributed by atoms with E-state index in [1.807, 2.05) is 10.7 Å². The van der Waals surface area contributed by atoms with E-state index in [1.165, 1.54) is 12.3 Å². The maximum atomic E-state index is 14.5. The number of esters is 1. The van der Waals surface area contributed by atoms with Crippen LogP contribution in [0.1, 0.15) is 40.5 Å². The minimum atomic E-state index is -0.856. The molecule has 1 aliphatic carbocycles. The van der Waals surface area contributed by atoms with Crippen molar-refractivity contribution in [1.82, 2.24) is 24.7 Å². The van der Waals surface area contributed by atoms with Crippen LogP contribution in [0.4, 0.5) is 4.39 Å². The maximum absolute atomic E-state index is 14.5. The number of hydrogen-bond acceptors (Lipinski definition) is 9. The van der Waals surface area contributed by atoms with Gasteiger partial charge < -0.3 is 0 Å². The van der Waals surface area contributed by atoms with E-state index in [1.54, 1.807) is 37.5 Å². The molecule has 0 bridgehead atoms. The number of carbonyl (C=O) groups is 1. The van der Waals surface area contributed by atoms with Crippen molar-refractivity contribution in [2.75, 3.05) is 33.0 Å². The third-order valence-corrected chi connectivity index (χ3v) is 9.88. The summed E-state index contributed by atoms with van der Waals surface area (Å²) in [5, 5.41) is 14.8. The summed E-state index contributed by atoms with van der Waals surface area (Å²) in [4.78, 5) is 26.4. The van der Waals surface area contributed by atoms with Gasteiger partial charge in [-0.15, -0.1) is 0 Å². The van der Waals surface area contributed by atoms with Gasteiger partial charge in [-0.25, -0.2) is 0 Å². The first kappa shape index (κ1) is 28.5. The third-order valence-electron chi connectivity index (χ3n) is 7.44. The van der Waals surface area contributed by atoms with Gasteiger partial charge in [0.15, 0.2) is 0 Å². The Morgan fingerprint density at radius 1 is 1.21 bits per heavy atom. The number of hydrogen-bond donors (Lipinski definition) is 1. The molecule has 3 aromatic heterocycles. The summed E-state index contributed by atoms with van der Waals surface area (Å²) in [6, 6.07) is 8.52. The molecule has 6 rings (SSSR count). The molecule has 1 aliphatic heterocycles. The second-order valence-corrected chi connectivity index (χ2v) is 12.8. The van der Waals surface area contributed by atoms with Gasteiger partial charge in [0.05, 0.1) is 0 Å². The number of rotatable bonds is 11. The Bertz CT molecular complexity index is 1600. The summed E-state index contributed by atoms with van der Waals surface area (Å²) < 4.78 is 34.5. The SMILES string of the molecule is CCOC(=O)c1cnccc1[As]c1nc(-c2nn(Cc3ccccc3F)c3c2CCC3)ncc1OCC1(CO)COC1. The van der Waals surface area contributed by atoms with Crippen molar-refractivity contribution in [3.05, 3.63) is 77.1 Å². The first-order valence-corrected chi connectivity index (χ1v) is 15.7. The summed E-state index contributed by atoms with van der Waals surface area (Å²) in [5.74, 6) is 0.224. The number of ether oxygens (including phenoxy) is 3. The quantitative estimate of drug-likeness (QED) is 0.194. The molecule has 0 spiro atoms. The fourth-order valence-electron chi connectivity index (χ4n) is 5.07. The normalized spacial score (nSPS) is 15.5. The van der Waals surface area contributed by atoms with Crippen LogP contribution in [0.2, 0.25) is 0 Å². The number of aliphatic hydroxyl groups excluding tert-OH is 1. The molecule has 4 heterocycles. The Morgan fingerprint density at radius 2 is 2.07 bits per heavy atom. The van der Waals surface area contributed by atoms with E-state index in [9.17, 15) is 14.3 Å². The number of halogens is 1. The number of aromatic nitrogens is 5. The van der Waals surface area contributed by atoms with E-state index in [-0.39, 0.29) is 25.6 Å². The van der Waals surface area contributed by atoms with E-state index in [4.69, 9.17) is 24.3 Å². The summed E-state index contributed by atoms with van der Waals surface area (Å²) in [5.41, 5.74) is 3.31. The topological polar surface area (TPSA) is 121 Å². The average molecular weight is 635 g/mol. The van der Waals surface area contributed by atoms with Gasteiger partial charge in [0.2, 0.25) is 0 Å². The Morgan fingerprint density at radius 3 is 2.83 bits per heavy atom. The summed E-state index contributed by atoms with van der Waals surface area (Å²) in [6.45, 7) is 3.34. The van der Waals surface area contributed by atoms with Gasteiger partial charge in [-0.05, 0) is 0 Å². The zero-order valence-corrected chi connectivity index (χ0v) is 25.0. The van der Waals surface area contributed by atoms with E-state index in [0.717, 1.165) is 34.9 Å². The van der Waals surface area contributed by atoms with Crippen LogP contribution < -0.4 is 13.6 Å². The second-order valence-electron chi connectivity index (χ2n) is 10.4. The molecule has 0 saturated carbocycles. The number of benzene rings is 1. The van der Waals surface area contributed by atoms with Crippen LogP contribution in [0.3, 0.4) is 0 Å². The molecule has 12 heteroatoms. The fraction of sp³-hybridized carbons (Fsp3) is 0.367. The molecular weight excluding hydrogens is 604 g/mol. The number of pyridine rings is 1. The molecule has 1 fully saturated rings. The average Bonchev–Trinajstić information content (AvgIpc) is 3.59. The van der Waals surface area contributed by atoms with Gasteiger partial charge >= 0.3 is 249 Å². The molecule has 1 N–H and O–H groups in total. The predicted octanol–water partition coefficient (Wildman–Crippen LogP) is 1.63. The van der Waals surface area contributed by atoms with Crippen molar-refractivity contribution in [3.63, 3.8) is 0 Å². The summed E-state index contributed by atoms with van der Waals surface area (Å²) in [6.07, 6.45) is 7.45.